The lowest BCUT2D eigenvalue weighted by Gasteiger charge is -2.00. The number of hydrogen-bond donors (Lipinski definition) is 0. The van der Waals surface area contributed by atoms with Gasteiger partial charge in [0.15, 0.2) is 0 Å². The molecule has 0 N–H and O–H groups in total. The van der Waals surface area contributed by atoms with Crippen molar-refractivity contribution in [2.45, 2.75) is 0 Å². The molecule has 2 rings (SSSR count). The summed E-state index contributed by atoms with van der Waals surface area (Å²) >= 11 is 3.33. The summed E-state index contributed by atoms with van der Waals surface area (Å²) < 4.78 is 0.834. The van der Waals surface area contributed by atoms with Crippen molar-refractivity contribution >= 4 is 32.4 Å². The average Bonchev–Trinajstić information content (AvgIpc) is 2.32. The van der Waals surface area contributed by atoms with Gasteiger partial charge in [0.2, 0.25) is 0 Å². The Bertz CT molecular complexity index is 528. The first-order chi connectivity index (χ1) is 7.70. The van der Waals surface area contributed by atoms with E-state index in [2.05, 4.69) is 34.1 Å². The molecule has 1 aromatic heterocycles. The van der Waals surface area contributed by atoms with E-state index in [1.165, 1.54) is 12.3 Å². The van der Waals surface area contributed by atoms with Crippen molar-refractivity contribution in [1.29, 1.82) is 0 Å². The fourth-order valence-electron chi connectivity index (χ4n) is 1.30. The number of nitro groups is 1. The van der Waals surface area contributed by atoms with Crippen LogP contribution in [0.25, 0.3) is 10.8 Å². The Morgan fingerprint density at radius 1 is 1.25 bits per heavy atom. The Morgan fingerprint density at radius 3 is 2.56 bits per heavy atom. The molecule has 0 aliphatic carbocycles. The molecule has 0 bridgehead atoms. The van der Waals surface area contributed by atoms with Crippen LogP contribution in [-0.4, -0.2) is 9.91 Å². The van der Waals surface area contributed by atoms with Gasteiger partial charge in [-0.1, -0.05) is 15.9 Å². The van der Waals surface area contributed by atoms with E-state index in [0.717, 1.165) is 9.86 Å². The highest BCUT2D eigenvalue weighted by Gasteiger charge is 2.12. The number of non-ortho nitro benzene ring substituents is 1. The molecule has 2 aromatic rings. The van der Waals surface area contributed by atoms with Crippen molar-refractivity contribution in [2.24, 2.45) is 0 Å². The number of benzene rings is 1. The molecule has 0 fully saturated rings. The fourth-order valence-corrected chi connectivity index (χ4v) is 1.78. The maximum atomic E-state index is 10.7. The van der Waals surface area contributed by atoms with Crippen molar-refractivity contribution in [3.63, 3.8) is 0 Å². The van der Waals surface area contributed by atoms with Gasteiger partial charge in [0.1, 0.15) is 0 Å². The number of fused-ring (bicyclic) bond motifs is 1. The van der Waals surface area contributed by atoms with Gasteiger partial charge in [-0.3, -0.25) is 15.1 Å². The number of aromatic nitrogens is 1. The van der Waals surface area contributed by atoms with Crippen LogP contribution < -0.4 is 0 Å². The molecule has 5 heteroatoms. The Balaban J connectivity index is 0.000000606. The SMILES string of the molecule is C=C.O=[N+]([O-])c1ccc(Br)c2ccncc12. The van der Waals surface area contributed by atoms with Crippen LogP contribution in [0.4, 0.5) is 5.69 Å². The minimum atomic E-state index is -0.406. The van der Waals surface area contributed by atoms with Crippen molar-refractivity contribution in [3.8, 4) is 0 Å². The van der Waals surface area contributed by atoms with E-state index in [1.54, 1.807) is 18.3 Å². The van der Waals surface area contributed by atoms with Crippen LogP contribution in [0.3, 0.4) is 0 Å². The maximum absolute atomic E-state index is 10.7. The van der Waals surface area contributed by atoms with Gasteiger partial charge in [0, 0.05) is 28.3 Å². The van der Waals surface area contributed by atoms with Crippen molar-refractivity contribution in [3.05, 3.63) is 58.3 Å². The van der Waals surface area contributed by atoms with Crippen LogP contribution in [0.2, 0.25) is 0 Å². The molecule has 0 spiro atoms. The lowest BCUT2D eigenvalue weighted by molar-refractivity contribution is -0.383. The fraction of sp³-hybridized carbons (Fsp3) is 0. The average molecular weight is 281 g/mol. The first kappa shape index (κ1) is 12.3. The van der Waals surface area contributed by atoms with E-state index < -0.39 is 4.92 Å². The molecule has 4 nitrogen and oxygen atoms in total. The van der Waals surface area contributed by atoms with Crippen molar-refractivity contribution in [2.75, 3.05) is 0 Å². The predicted octanol–water partition coefficient (Wildman–Crippen LogP) is 3.71. The number of nitrogens with zero attached hydrogens (tertiary/aromatic N) is 2. The topological polar surface area (TPSA) is 56.0 Å². The number of halogens is 1. The van der Waals surface area contributed by atoms with Gasteiger partial charge in [0.25, 0.3) is 5.69 Å². The summed E-state index contributed by atoms with van der Waals surface area (Å²) in [5, 5.41) is 12.0. The van der Waals surface area contributed by atoms with E-state index in [1.807, 2.05) is 0 Å². The summed E-state index contributed by atoms with van der Waals surface area (Å²) in [6, 6.07) is 4.88. The summed E-state index contributed by atoms with van der Waals surface area (Å²) in [4.78, 5) is 14.2. The van der Waals surface area contributed by atoms with E-state index in [0.29, 0.717) is 5.39 Å². The third kappa shape index (κ3) is 2.25. The molecule has 0 aliphatic rings. The van der Waals surface area contributed by atoms with Crippen LogP contribution >= 0.6 is 15.9 Å². The summed E-state index contributed by atoms with van der Waals surface area (Å²) in [5.41, 5.74) is 0.0799. The van der Waals surface area contributed by atoms with E-state index in [-0.39, 0.29) is 5.69 Å². The molecular weight excluding hydrogens is 272 g/mol. The molecule has 0 unspecified atom stereocenters. The first-order valence-corrected chi connectivity index (χ1v) is 5.16. The molecule has 0 radical (unpaired) electrons. The van der Waals surface area contributed by atoms with Crippen molar-refractivity contribution < 1.29 is 4.92 Å². The summed E-state index contributed by atoms with van der Waals surface area (Å²) in [7, 11) is 0. The molecular formula is C11H9BrN2O2. The minimum Gasteiger partial charge on any atom is -0.264 e. The van der Waals surface area contributed by atoms with Crippen LogP contribution in [0, 0.1) is 10.1 Å². The monoisotopic (exact) mass is 280 g/mol. The van der Waals surface area contributed by atoms with Gasteiger partial charge in [-0.15, -0.1) is 13.2 Å². The second kappa shape index (κ2) is 5.37. The molecule has 16 heavy (non-hydrogen) atoms. The zero-order chi connectivity index (χ0) is 12.1. The predicted molar refractivity (Wildman–Crippen MR) is 67.4 cm³/mol. The first-order valence-electron chi connectivity index (χ1n) is 4.37. The summed E-state index contributed by atoms with van der Waals surface area (Å²) in [6.07, 6.45) is 3.11. The number of hydrogen-bond acceptors (Lipinski definition) is 3. The quantitative estimate of drug-likeness (QED) is 0.455. The molecule has 0 amide bonds. The van der Waals surface area contributed by atoms with Gasteiger partial charge >= 0.3 is 0 Å². The van der Waals surface area contributed by atoms with Crippen LogP contribution in [0.5, 0.6) is 0 Å². The third-order valence-electron chi connectivity index (χ3n) is 1.94. The molecule has 1 aromatic carbocycles. The highest BCUT2D eigenvalue weighted by molar-refractivity contribution is 9.10. The third-order valence-corrected chi connectivity index (χ3v) is 2.63. The highest BCUT2D eigenvalue weighted by atomic mass is 79.9. The van der Waals surface area contributed by atoms with E-state index >= 15 is 0 Å². The number of pyridine rings is 1. The summed E-state index contributed by atoms with van der Waals surface area (Å²) in [6.45, 7) is 6.00. The lowest BCUT2D eigenvalue weighted by Crippen LogP contribution is -1.90. The largest absolute Gasteiger partial charge is 0.278 e. The molecule has 1 heterocycles. The van der Waals surface area contributed by atoms with Gasteiger partial charge in [-0.05, 0) is 12.1 Å². The zero-order valence-electron chi connectivity index (χ0n) is 8.39. The lowest BCUT2D eigenvalue weighted by atomic mass is 10.1. The van der Waals surface area contributed by atoms with Gasteiger partial charge in [0.05, 0.1) is 10.3 Å². The molecule has 82 valence electrons. The number of nitro benzene ring substituents is 1. The molecule has 0 aliphatic heterocycles. The Hall–Kier alpha value is -1.75. The Labute approximate surface area is 101 Å². The second-order valence-corrected chi connectivity index (χ2v) is 3.60. The summed E-state index contributed by atoms with van der Waals surface area (Å²) in [5.74, 6) is 0. The van der Waals surface area contributed by atoms with Gasteiger partial charge in [-0.2, -0.15) is 0 Å². The normalized spacial score (nSPS) is 9.31. The van der Waals surface area contributed by atoms with Gasteiger partial charge < -0.3 is 0 Å². The Morgan fingerprint density at radius 2 is 1.94 bits per heavy atom. The second-order valence-electron chi connectivity index (χ2n) is 2.74. The van der Waals surface area contributed by atoms with Gasteiger partial charge in [-0.25, -0.2) is 0 Å². The van der Waals surface area contributed by atoms with E-state index in [9.17, 15) is 10.1 Å². The highest BCUT2D eigenvalue weighted by Crippen LogP contribution is 2.30. The standard InChI is InChI=1S/C9H5BrN2O2.C2H4/c10-8-1-2-9(12(13)14)7-5-11-4-3-6(7)8;1-2/h1-5H;1-2H2. The minimum absolute atomic E-state index is 0.0799. The molecule has 0 saturated carbocycles. The molecule has 0 atom stereocenters. The smallest absolute Gasteiger partial charge is 0.264 e. The Kier molecular flexibility index (Phi) is 4.13. The number of rotatable bonds is 1. The van der Waals surface area contributed by atoms with E-state index in [4.69, 9.17) is 0 Å². The van der Waals surface area contributed by atoms with Crippen LogP contribution in [-0.2, 0) is 0 Å². The maximum Gasteiger partial charge on any atom is 0.278 e. The van der Waals surface area contributed by atoms with Crippen LogP contribution in [0.1, 0.15) is 0 Å². The van der Waals surface area contributed by atoms with Crippen LogP contribution in [0.15, 0.2) is 48.2 Å². The zero-order valence-corrected chi connectivity index (χ0v) is 9.98. The van der Waals surface area contributed by atoms with Crippen molar-refractivity contribution in [1.82, 2.24) is 4.98 Å². The molecule has 0 saturated heterocycles.